The highest BCUT2D eigenvalue weighted by Gasteiger charge is 2.04. The monoisotopic (exact) mass is 337 g/mol. The zero-order valence-corrected chi connectivity index (χ0v) is 13.9. The van der Waals surface area contributed by atoms with Crippen LogP contribution in [0.3, 0.4) is 0 Å². The molecule has 0 aliphatic rings. The molecule has 3 nitrogen and oxygen atoms in total. The van der Waals surface area contributed by atoms with Gasteiger partial charge in [0, 0.05) is 30.9 Å². The minimum atomic E-state index is -0.419. The molecule has 0 fully saturated rings. The van der Waals surface area contributed by atoms with Crippen LogP contribution in [0.5, 0.6) is 0 Å². The Balaban J connectivity index is 1.82. The molecule has 0 aliphatic carbocycles. The minimum absolute atomic E-state index is 0.368. The van der Waals surface area contributed by atoms with Crippen molar-refractivity contribution >= 4 is 17.3 Å². The molecule has 1 heterocycles. The van der Waals surface area contributed by atoms with Crippen LogP contribution in [0.15, 0.2) is 40.7 Å². The van der Waals surface area contributed by atoms with Gasteiger partial charge >= 0.3 is 0 Å². The van der Waals surface area contributed by atoms with Crippen LogP contribution >= 0.6 is 11.3 Å². The Morgan fingerprint density at radius 2 is 2.04 bits per heavy atom. The Kier molecular flexibility index (Phi) is 7.00. The highest BCUT2D eigenvalue weighted by Crippen LogP contribution is 2.10. The molecule has 23 heavy (non-hydrogen) atoms. The molecule has 0 spiro atoms. The SMILES string of the molecule is CCNC(=NCCc1cccs1)NCCc1cc(F)ccc1F. The molecule has 0 saturated carbocycles. The molecule has 2 aromatic rings. The van der Waals surface area contributed by atoms with Gasteiger partial charge < -0.3 is 10.6 Å². The third-order valence-corrected chi connectivity index (χ3v) is 4.18. The number of aliphatic imine (C=N–C) groups is 1. The van der Waals surface area contributed by atoms with Crippen molar-refractivity contribution in [3.63, 3.8) is 0 Å². The van der Waals surface area contributed by atoms with E-state index in [-0.39, 0.29) is 5.82 Å². The molecule has 2 rings (SSSR count). The predicted molar refractivity (Wildman–Crippen MR) is 92.1 cm³/mol. The molecular weight excluding hydrogens is 316 g/mol. The first-order valence-corrected chi connectivity index (χ1v) is 8.55. The maximum absolute atomic E-state index is 13.6. The normalized spacial score (nSPS) is 11.5. The van der Waals surface area contributed by atoms with Crippen LogP contribution in [0.2, 0.25) is 0 Å². The van der Waals surface area contributed by atoms with Crippen molar-refractivity contribution in [2.24, 2.45) is 4.99 Å². The standard InChI is InChI=1S/C17H21F2N3S/c1-2-20-17(22-10-8-15-4-3-11-23-15)21-9-7-13-12-14(18)5-6-16(13)19/h3-6,11-12H,2,7-10H2,1H3,(H2,20,21,22). The molecular formula is C17H21F2N3S. The van der Waals surface area contributed by atoms with Crippen molar-refractivity contribution in [1.29, 1.82) is 0 Å². The molecule has 1 aromatic carbocycles. The molecule has 2 N–H and O–H groups in total. The molecule has 0 amide bonds. The van der Waals surface area contributed by atoms with E-state index in [4.69, 9.17) is 0 Å². The fraction of sp³-hybridized carbons (Fsp3) is 0.353. The van der Waals surface area contributed by atoms with Gasteiger partial charge in [0.2, 0.25) is 0 Å². The van der Waals surface area contributed by atoms with Crippen molar-refractivity contribution in [3.8, 4) is 0 Å². The quantitative estimate of drug-likeness (QED) is 0.600. The average molecular weight is 337 g/mol. The number of thiophene rings is 1. The smallest absolute Gasteiger partial charge is 0.191 e. The molecule has 0 radical (unpaired) electrons. The number of nitrogens with zero attached hydrogens (tertiary/aromatic N) is 1. The third-order valence-electron chi connectivity index (χ3n) is 3.25. The van der Waals surface area contributed by atoms with Gasteiger partial charge in [-0.15, -0.1) is 11.3 Å². The van der Waals surface area contributed by atoms with Crippen LogP contribution in [-0.2, 0) is 12.8 Å². The lowest BCUT2D eigenvalue weighted by Crippen LogP contribution is -2.38. The highest BCUT2D eigenvalue weighted by atomic mass is 32.1. The number of guanidine groups is 1. The lowest BCUT2D eigenvalue weighted by atomic mass is 10.1. The summed E-state index contributed by atoms with van der Waals surface area (Å²) >= 11 is 1.72. The van der Waals surface area contributed by atoms with E-state index in [2.05, 4.69) is 27.1 Å². The summed E-state index contributed by atoms with van der Waals surface area (Å²) in [6, 6.07) is 7.64. The molecule has 0 aliphatic heterocycles. The topological polar surface area (TPSA) is 36.4 Å². The Bertz CT molecular complexity index is 627. The first-order chi connectivity index (χ1) is 11.2. The van der Waals surface area contributed by atoms with Gasteiger partial charge in [-0.3, -0.25) is 4.99 Å². The number of hydrogen-bond acceptors (Lipinski definition) is 2. The summed E-state index contributed by atoms with van der Waals surface area (Å²) in [5.41, 5.74) is 0.368. The summed E-state index contributed by atoms with van der Waals surface area (Å²) in [6.07, 6.45) is 1.30. The summed E-state index contributed by atoms with van der Waals surface area (Å²) < 4.78 is 26.7. The fourth-order valence-corrected chi connectivity index (χ4v) is 2.82. The van der Waals surface area contributed by atoms with Gasteiger partial charge in [-0.1, -0.05) is 6.07 Å². The Hall–Kier alpha value is -1.95. The van der Waals surface area contributed by atoms with Crippen molar-refractivity contribution in [3.05, 3.63) is 57.8 Å². The Morgan fingerprint density at radius 3 is 2.78 bits per heavy atom. The Morgan fingerprint density at radius 1 is 1.17 bits per heavy atom. The molecule has 0 saturated heterocycles. The van der Waals surface area contributed by atoms with Crippen LogP contribution < -0.4 is 10.6 Å². The average Bonchev–Trinajstić information content (AvgIpc) is 3.04. The van der Waals surface area contributed by atoms with Gasteiger partial charge in [0.05, 0.1) is 0 Å². The fourth-order valence-electron chi connectivity index (χ4n) is 2.12. The largest absolute Gasteiger partial charge is 0.357 e. The first-order valence-electron chi connectivity index (χ1n) is 7.67. The predicted octanol–water partition coefficient (Wildman–Crippen LogP) is 3.37. The second-order valence-corrected chi connectivity index (χ2v) is 6.03. The maximum atomic E-state index is 13.6. The van der Waals surface area contributed by atoms with Crippen molar-refractivity contribution in [1.82, 2.24) is 10.6 Å². The number of nitrogens with one attached hydrogen (secondary N) is 2. The number of rotatable bonds is 7. The lowest BCUT2D eigenvalue weighted by Gasteiger charge is -2.11. The maximum Gasteiger partial charge on any atom is 0.191 e. The van der Waals surface area contributed by atoms with Gasteiger partial charge in [0.1, 0.15) is 11.6 Å². The molecule has 0 atom stereocenters. The molecule has 124 valence electrons. The summed E-state index contributed by atoms with van der Waals surface area (Å²) in [5, 5.41) is 8.35. The van der Waals surface area contributed by atoms with Crippen LogP contribution in [0.1, 0.15) is 17.4 Å². The van der Waals surface area contributed by atoms with Crippen molar-refractivity contribution in [2.75, 3.05) is 19.6 Å². The van der Waals surface area contributed by atoms with Crippen LogP contribution in [-0.4, -0.2) is 25.6 Å². The number of hydrogen-bond donors (Lipinski definition) is 2. The Labute approximate surface area is 139 Å². The van der Waals surface area contributed by atoms with Gasteiger partial charge in [-0.2, -0.15) is 0 Å². The second-order valence-electron chi connectivity index (χ2n) is 5.00. The highest BCUT2D eigenvalue weighted by molar-refractivity contribution is 7.09. The van der Waals surface area contributed by atoms with E-state index in [0.29, 0.717) is 31.0 Å². The van der Waals surface area contributed by atoms with E-state index in [1.807, 2.05) is 13.0 Å². The number of halogens is 2. The second kappa shape index (κ2) is 9.25. The van der Waals surface area contributed by atoms with E-state index >= 15 is 0 Å². The van der Waals surface area contributed by atoms with E-state index in [0.717, 1.165) is 25.1 Å². The summed E-state index contributed by atoms with van der Waals surface area (Å²) in [5.74, 6) is -0.105. The van der Waals surface area contributed by atoms with Gasteiger partial charge in [-0.05, 0) is 48.6 Å². The van der Waals surface area contributed by atoms with Crippen molar-refractivity contribution < 1.29 is 8.78 Å². The molecule has 1 aromatic heterocycles. The number of benzene rings is 1. The van der Waals surface area contributed by atoms with E-state index in [1.54, 1.807) is 11.3 Å². The van der Waals surface area contributed by atoms with Gasteiger partial charge in [-0.25, -0.2) is 8.78 Å². The first kappa shape index (κ1) is 17.4. The summed E-state index contributed by atoms with van der Waals surface area (Å²) in [4.78, 5) is 5.79. The van der Waals surface area contributed by atoms with Gasteiger partial charge in [0.25, 0.3) is 0 Å². The zero-order chi connectivity index (χ0) is 16.5. The van der Waals surface area contributed by atoms with Gasteiger partial charge in [0.15, 0.2) is 5.96 Å². The minimum Gasteiger partial charge on any atom is -0.357 e. The molecule has 0 unspecified atom stereocenters. The van der Waals surface area contributed by atoms with E-state index in [9.17, 15) is 8.78 Å². The molecule has 6 heteroatoms. The lowest BCUT2D eigenvalue weighted by molar-refractivity contribution is 0.583. The van der Waals surface area contributed by atoms with E-state index < -0.39 is 5.82 Å². The summed E-state index contributed by atoms with van der Waals surface area (Å²) in [6.45, 7) is 3.91. The summed E-state index contributed by atoms with van der Waals surface area (Å²) in [7, 11) is 0. The van der Waals surface area contributed by atoms with Crippen LogP contribution in [0, 0.1) is 11.6 Å². The van der Waals surface area contributed by atoms with Crippen molar-refractivity contribution in [2.45, 2.75) is 19.8 Å². The zero-order valence-electron chi connectivity index (χ0n) is 13.1. The third kappa shape index (κ3) is 5.98. The van der Waals surface area contributed by atoms with Crippen LogP contribution in [0.25, 0.3) is 0 Å². The van der Waals surface area contributed by atoms with Crippen LogP contribution in [0.4, 0.5) is 8.78 Å². The molecule has 0 bridgehead atoms. The van der Waals surface area contributed by atoms with E-state index in [1.165, 1.54) is 10.9 Å².